The molecule has 1 N–H and O–H groups in total. The summed E-state index contributed by atoms with van der Waals surface area (Å²) in [5.74, 6) is 4.57. The Morgan fingerprint density at radius 2 is 2.25 bits per heavy atom. The number of carbonyl (C=O) groups is 1. The molecule has 0 bridgehead atoms. The van der Waals surface area contributed by atoms with Crippen molar-refractivity contribution >= 4 is 17.0 Å². The van der Waals surface area contributed by atoms with Crippen LogP contribution in [0.5, 0.6) is 0 Å². The molecule has 0 aliphatic carbocycles. The van der Waals surface area contributed by atoms with Gasteiger partial charge in [0.1, 0.15) is 11.0 Å². The Balaban J connectivity index is 2.23. The van der Waals surface area contributed by atoms with Gasteiger partial charge in [0.25, 0.3) is 0 Å². The zero-order chi connectivity index (χ0) is 11.4. The second kappa shape index (κ2) is 4.45. The second-order valence-electron chi connectivity index (χ2n) is 3.00. The molecular weight excluding hydrogens is 206 g/mol. The van der Waals surface area contributed by atoms with Gasteiger partial charge in [-0.05, 0) is 25.1 Å². The molecule has 0 fully saturated rings. The number of rotatable bonds is 1. The van der Waals surface area contributed by atoms with Crippen molar-refractivity contribution in [3.8, 4) is 11.8 Å². The summed E-state index contributed by atoms with van der Waals surface area (Å²) in [6.07, 6.45) is 0. The molecule has 0 saturated heterocycles. The van der Waals surface area contributed by atoms with Gasteiger partial charge in [0, 0.05) is 11.5 Å². The van der Waals surface area contributed by atoms with Gasteiger partial charge in [0.2, 0.25) is 0 Å². The number of hydrogen-bond acceptors (Lipinski definition) is 4. The minimum absolute atomic E-state index is 0.329. The molecule has 0 spiro atoms. The molecule has 1 aromatic carbocycles. The van der Waals surface area contributed by atoms with Crippen molar-refractivity contribution in [2.45, 2.75) is 6.92 Å². The van der Waals surface area contributed by atoms with E-state index in [1.807, 2.05) is 0 Å². The van der Waals surface area contributed by atoms with Crippen LogP contribution < -0.4 is 0 Å². The van der Waals surface area contributed by atoms with Crippen molar-refractivity contribution in [3.05, 3.63) is 23.8 Å². The number of H-pyrrole nitrogens is 1. The molecule has 0 aliphatic heterocycles. The fourth-order valence-corrected chi connectivity index (χ4v) is 1.21. The molecule has 1 heterocycles. The van der Waals surface area contributed by atoms with Gasteiger partial charge in [-0.15, -0.1) is 0 Å². The summed E-state index contributed by atoms with van der Waals surface area (Å²) < 4.78 is 4.69. The zero-order valence-corrected chi connectivity index (χ0v) is 8.65. The first-order chi connectivity index (χ1) is 7.79. The fraction of sp³-hybridized carbons (Fsp3) is 0.182. The molecular formula is C11H9N3O2. The molecule has 0 amide bonds. The Hall–Kier alpha value is -2.35. The monoisotopic (exact) mass is 215 g/mol. The molecule has 5 heteroatoms. The Kier molecular flexibility index (Phi) is 2.83. The summed E-state index contributed by atoms with van der Waals surface area (Å²) >= 11 is 0. The van der Waals surface area contributed by atoms with Crippen LogP contribution in [-0.4, -0.2) is 28.0 Å². The van der Waals surface area contributed by atoms with E-state index in [4.69, 9.17) is 0 Å². The minimum atomic E-state index is -0.525. The standard InChI is InChI=1S/C11H9N3O2/c1-2-16-11(15)6-4-8-3-5-9-10(7-8)13-14-12-9/h3,5,7H,2H2,1H3,(H,12,13,14). The van der Waals surface area contributed by atoms with Gasteiger partial charge in [0.05, 0.1) is 6.61 Å². The minimum Gasteiger partial charge on any atom is -0.456 e. The molecule has 0 atom stereocenters. The van der Waals surface area contributed by atoms with Crippen LogP contribution in [0.1, 0.15) is 12.5 Å². The van der Waals surface area contributed by atoms with Crippen LogP contribution in [0.15, 0.2) is 18.2 Å². The van der Waals surface area contributed by atoms with Gasteiger partial charge >= 0.3 is 5.97 Å². The van der Waals surface area contributed by atoms with E-state index in [1.165, 1.54) is 0 Å². The van der Waals surface area contributed by atoms with Crippen LogP contribution in [0, 0.1) is 11.8 Å². The number of benzene rings is 1. The average molecular weight is 215 g/mol. The first-order valence-electron chi connectivity index (χ1n) is 4.79. The number of aromatic nitrogens is 3. The van der Waals surface area contributed by atoms with Crippen LogP contribution >= 0.6 is 0 Å². The third-order valence-electron chi connectivity index (χ3n) is 1.90. The molecule has 80 valence electrons. The highest BCUT2D eigenvalue weighted by atomic mass is 16.5. The van der Waals surface area contributed by atoms with Gasteiger partial charge < -0.3 is 4.74 Å². The molecule has 2 rings (SSSR count). The van der Waals surface area contributed by atoms with Crippen molar-refractivity contribution in [2.24, 2.45) is 0 Å². The number of carbonyl (C=O) groups excluding carboxylic acids is 1. The summed E-state index contributed by atoms with van der Waals surface area (Å²) in [6, 6.07) is 5.32. The lowest BCUT2D eigenvalue weighted by Gasteiger charge is -1.91. The predicted molar refractivity (Wildman–Crippen MR) is 57.4 cm³/mol. The lowest BCUT2D eigenvalue weighted by atomic mass is 10.2. The maximum absolute atomic E-state index is 11.0. The summed E-state index contributed by atoms with van der Waals surface area (Å²) in [5.41, 5.74) is 2.19. The van der Waals surface area contributed by atoms with E-state index in [9.17, 15) is 4.79 Å². The molecule has 0 radical (unpaired) electrons. The van der Waals surface area contributed by atoms with Gasteiger partial charge in [-0.2, -0.15) is 15.4 Å². The fourth-order valence-electron chi connectivity index (χ4n) is 1.21. The van der Waals surface area contributed by atoms with Crippen LogP contribution in [0.25, 0.3) is 11.0 Å². The number of nitrogens with zero attached hydrogens (tertiary/aromatic N) is 2. The van der Waals surface area contributed by atoms with Crippen LogP contribution in [0.2, 0.25) is 0 Å². The van der Waals surface area contributed by atoms with Crippen molar-refractivity contribution in [1.29, 1.82) is 0 Å². The van der Waals surface area contributed by atoms with Crippen molar-refractivity contribution < 1.29 is 9.53 Å². The third-order valence-corrected chi connectivity index (χ3v) is 1.90. The molecule has 0 aliphatic rings. The molecule has 0 unspecified atom stereocenters. The number of ether oxygens (including phenoxy) is 1. The number of aromatic amines is 1. The largest absolute Gasteiger partial charge is 0.456 e. The number of esters is 1. The average Bonchev–Trinajstić information content (AvgIpc) is 2.74. The van der Waals surface area contributed by atoms with Crippen LogP contribution in [0.3, 0.4) is 0 Å². The summed E-state index contributed by atoms with van der Waals surface area (Å²) in [5, 5.41) is 10.3. The van der Waals surface area contributed by atoms with E-state index in [-0.39, 0.29) is 0 Å². The zero-order valence-electron chi connectivity index (χ0n) is 8.65. The highest BCUT2D eigenvalue weighted by molar-refractivity contribution is 5.89. The van der Waals surface area contributed by atoms with E-state index >= 15 is 0 Å². The summed E-state index contributed by atoms with van der Waals surface area (Å²) in [6.45, 7) is 2.07. The first-order valence-corrected chi connectivity index (χ1v) is 4.79. The highest BCUT2D eigenvalue weighted by Gasteiger charge is 1.98. The molecule has 16 heavy (non-hydrogen) atoms. The normalized spacial score (nSPS) is 9.56. The van der Waals surface area contributed by atoms with Crippen molar-refractivity contribution in [3.63, 3.8) is 0 Å². The topological polar surface area (TPSA) is 67.9 Å². The summed E-state index contributed by atoms with van der Waals surface area (Å²) in [7, 11) is 0. The molecule has 0 saturated carbocycles. The third kappa shape index (κ3) is 2.17. The predicted octanol–water partition coefficient (Wildman–Crippen LogP) is 0.873. The van der Waals surface area contributed by atoms with Gasteiger partial charge in [-0.1, -0.05) is 5.92 Å². The van der Waals surface area contributed by atoms with E-state index in [0.717, 1.165) is 11.0 Å². The maximum Gasteiger partial charge on any atom is 0.384 e. The van der Waals surface area contributed by atoms with E-state index in [1.54, 1.807) is 25.1 Å². The van der Waals surface area contributed by atoms with Crippen molar-refractivity contribution in [2.75, 3.05) is 6.61 Å². The number of fused-ring (bicyclic) bond motifs is 1. The van der Waals surface area contributed by atoms with E-state index < -0.39 is 5.97 Å². The second-order valence-corrected chi connectivity index (χ2v) is 3.00. The van der Waals surface area contributed by atoms with Gasteiger partial charge in [0.15, 0.2) is 0 Å². The Bertz CT molecular complexity index is 577. The Labute approximate surface area is 91.8 Å². The van der Waals surface area contributed by atoms with Crippen molar-refractivity contribution in [1.82, 2.24) is 15.4 Å². The maximum atomic E-state index is 11.0. The Morgan fingerprint density at radius 3 is 3.06 bits per heavy atom. The first kappa shape index (κ1) is 10.2. The van der Waals surface area contributed by atoms with Crippen LogP contribution in [-0.2, 0) is 9.53 Å². The lowest BCUT2D eigenvalue weighted by molar-refractivity contribution is -0.136. The quantitative estimate of drug-likeness (QED) is 0.566. The summed E-state index contributed by atoms with van der Waals surface area (Å²) in [4.78, 5) is 11.0. The molecule has 5 nitrogen and oxygen atoms in total. The van der Waals surface area contributed by atoms with Crippen LogP contribution in [0.4, 0.5) is 0 Å². The van der Waals surface area contributed by atoms with Gasteiger partial charge in [-0.25, -0.2) is 4.79 Å². The van der Waals surface area contributed by atoms with E-state index in [0.29, 0.717) is 12.2 Å². The Morgan fingerprint density at radius 1 is 1.44 bits per heavy atom. The lowest BCUT2D eigenvalue weighted by Crippen LogP contribution is -1.99. The van der Waals surface area contributed by atoms with E-state index in [2.05, 4.69) is 32.0 Å². The molecule has 1 aromatic heterocycles. The van der Waals surface area contributed by atoms with Gasteiger partial charge in [-0.3, -0.25) is 0 Å². The smallest absolute Gasteiger partial charge is 0.384 e. The highest BCUT2D eigenvalue weighted by Crippen LogP contribution is 2.09. The number of nitrogens with one attached hydrogen (secondary N) is 1. The molecule has 2 aromatic rings. The number of hydrogen-bond donors (Lipinski definition) is 1. The SMILES string of the molecule is CCOC(=O)C#Cc1ccc2n[nH]nc2c1.